The van der Waals surface area contributed by atoms with E-state index in [2.05, 4.69) is 16.5 Å². The SMILES string of the molecule is Br.CCCCCCCCCCCCn1ccnc1. The fourth-order valence-electron chi connectivity index (χ4n) is 2.20. The van der Waals surface area contributed by atoms with Crippen LogP contribution in [0.15, 0.2) is 18.7 Å². The molecule has 0 saturated heterocycles. The van der Waals surface area contributed by atoms with Gasteiger partial charge >= 0.3 is 0 Å². The number of imidazole rings is 1. The Bertz CT molecular complexity index is 247. The molecule has 0 atom stereocenters. The number of hydrogen-bond acceptors (Lipinski definition) is 1. The van der Waals surface area contributed by atoms with Crippen molar-refractivity contribution in [2.45, 2.75) is 77.7 Å². The van der Waals surface area contributed by atoms with Crippen LogP contribution >= 0.6 is 17.0 Å². The van der Waals surface area contributed by atoms with E-state index in [0.29, 0.717) is 0 Å². The van der Waals surface area contributed by atoms with Crippen molar-refractivity contribution in [1.82, 2.24) is 9.55 Å². The van der Waals surface area contributed by atoms with Crippen LogP contribution in [0, 0.1) is 0 Å². The van der Waals surface area contributed by atoms with Gasteiger partial charge in [-0.3, -0.25) is 0 Å². The Morgan fingerprint density at radius 3 is 1.89 bits per heavy atom. The number of rotatable bonds is 11. The van der Waals surface area contributed by atoms with E-state index in [-0.39, 0.29) is 17.0 Å². The van der Waals surface area contributed by atoms with Gasteiger partial charge in [0.05, 0.1) is 6.33 Å². The Labute approximate surface area is 123 Å². The van der Waals surface area contributed by atoms with Crippen LogP contribution in [0.1, 0.15) is 71.1 Å². The van der Waals surface area contributed by atoms with E-state index in [1.165, 1.54) is 64.2 Å². The predicted molar refractivity (Wildman–Crippen MR) is 84.4 cm³/mol. The second kappa shape index (κ2) is 13.1. The molecule has 3 heteroatoms. The molecule has 2 nitrogen and oxygen atoms in total. The van der Waals surface area contributed by atoms with Gasteiger partial charge in [0.1, 0.15) is 0 Å². The highest BCUT2D eigenvalue weighted by molar-refractivity contribution is 8.93. The maximum absolute atomic E-state index is 4.05. The number of halogens is 1. The van der Waals surface area contributed by atoms with Crippen molar-refractivity contribution in [3.63, 3.8) is 0 Å². The highest BCUT2D eigenvalue weighted by Crippen LogP contribution is 2.10. The molecular weight excluding hydrogens is 288 g/mol. The van der Waals surface area contributed by atoms with Crippen LogP contribution in [0.25, 0.3) is 0 Å². The Morgan fingerprint density at radius 1 is 0.833 bits per heavy atom. The molecule has 1 heterocycles. The normalized spacial score (nSPS) is 10.3. The molecule has 1 rings (SSSR count). The summed E-state index contributed by atoms with van der Waals surface area (Å²) >= 11 is 0. The molecule has 18 heavy (non-hydrogen) atoms. The van der Waals surface area contributed by atoms with Gasteiger partial charge in [0, 0.05) is 18.9 Å². The van der Waals surface area contributed by atoms with Gasteiger partial charge in [-0.25, -0.2) is 4.98 Å². The summed E-state index contributed by atoms with van der Waals surface area (Å²) in [4.78, 5) is 4.05. The summed E-state index contributed by atoms with van der Waals surface area (Å²) in [6, 6.07) is 0. The fourth-order valence-corrected chi connectivity index (χ4v) is 2.20. The molecule has 0 aliphatic carbocycles. The van der Waals surface area contributed by atoms with Gasteiger partial charge in [-0.2, -0.15) is 0 Å². The first kappa shape index (κ1) is 17.7. The van der Waals surface area contributed by atoms with E-state index in [1.807, 2.05) is 18.7 Å². The molecule has 0 fully saturated rings. The van der Waals surface area contributed by atoms with Gasteiger partial charge in [-0.05, 0) is 6.42 Å². The first-order chi connectivity index (χ1) is 8.43. The molecule has 0 aromatic carbocycles. The lowest BCUT2D eigenvalue weighted by Gasteiger charge is -2.03. The van der Waals surface area contributed by atoms with Crippen LogP contribution in [0.3, 0.4) is 0 Å². The Balaban J connectivity index is 0.00000289. The number of aromatic nitrogens is 2. The zero-order chi connectivity index (χ0) is 12.2. The smallest absolute Gasteiger partial charge is 0.0945 e. The quantitative estimate of drug-likeness (QED) is 0.501. The molecule has 0 aliphatic rings. The average Bonchev–Trinajstić information content (AvgIpc) is 2.85. The minimum Gasteiger partial charge on any atom is -0.337 e. The van der Waals surface area contributed by atoms with Crippen molar-refractivity contribution >= 4 is 17.0 Å². The maximum atomic E-state index is 4.05. The van der Waals surface area contributed by atoms with E-state index < -0.39 is 0 Å². The summed E-state index contributed by atoms with van der Waals surface area (Å²) < 4.78 is 2.17. The summed E-state index contributed by atoms with van der Waals surface area (Å²) in [6.07, 6.45) is 19.9. The maximum Gasteiger partial charge on any atom is 0.0945 e. The second-order valence-corrected chi connectivity index (χ2v) is 4.98. The van der Waals surface area contributed by atoms with Gasteiger partial charge in [0.15, 0.2) is 0 Å². The topological polar surface area (TPSA) is 17.8 Å². The second-order valence-electron chi connectivity index (χ2n) is 4.98. The average molecular weight is 317 g/mol. The number of aryl methyl sites for hydroxylation is 1. The minimum atomic E-state index is 0. The lowest BCUT2D eigenvalue weighted by atomic mass is 10.1. The molecule has 106 valence electrons. The number of hydrogen-bond donors (Lipinski definition) is 0. The van der Waals surface area contributed by atoms with Gasteiger partial charge in [-0.1, -0.05) is 64.7 Å². The largest absolute Gasteiger partial charge is 0.337 e. The van der Waals surface area contributed by atoms with E-state index >= 15 is 0 Å². The number of nitrogens with zero attached hydrogens (tertiary/aromatic N) is 2. The summed E-state index contributed by atoms with van der Waals surface area (Å²) in [5, 5.41) is 0. The summed E-state index contributed by atoms with van der Waals surface area (Å²) in [5.74, 6) is 0. The highest BCUT2D eigenvalue weighted by atomic mass is 79.9. The van der Waals surface area contributed by atoms with Crippen LogP contribution in [-0.4, -0.2) is 9.55 Å². The fraction of sp³-hybridized carbons (Fsp3) is 0.800. The molecule has 0 N–H and O–H groups in total. The van der Waals surface area contributed by atoms with E-state index in [4.69, 9.17) is 0 Å². The van der Waals surface area contributed by atoms with Crippen LogP contribution in [0.2, 0.25) is 0 Å². The molecule has 0 spiro atoms. The van der Waals surface area contributed by atoms with Crippen molar-refractivity contribution in [3.05, 3.63) is 18.7 Å². The van der Waals surface area contributed by atoms with E-state index in [9.17, 15) is 0 Å². The first-order valence-corrected chi connectivity index (χ1v) is 7.39. The van der Waals surface area contributed by atoms with Crippen LogP contribution in [-0.2, 0) is 6.54 Å². The molecule has 0 saturated carbocycles. The molecular formula is C15H29BrN2. The summed E-state index contributed by atoms with van der Waals surface area (Å²) in [6.45, 7) is 3.41. The Kier molecular flexibility index (Phi) is 12.9. The van der Waals surface area contributed by atoms with Crippen LogP contribution < -0.4 is 0 Å². The highest BCUT2D eigenvalue weighted by Gasteiger charge is 1.93. The van der Waals surface area contributed by atoms with Gasteiger partial charge < -0.3 is 4.57 Å². The molecule has 1 aromatic heterocycles. The molecule has 0 bridgehead atoms. The predicted octanol–water partition coefficient (Wildman–Crippen LogP) is 5.38. The van der Waals surface area contributed by atoms with Crippen molar-refractivity contribution in [2.24, 2.45) is 0 Å². The van der Waals surface area contributed by atoms with E-state index in [1.54, 1.807) is 0 Å². The zero-order valence-electron chi connectivity index (χ0n) is 11.8. The third-order valence-electron chi connectivity index (χ3n) is 3.33. The molecule has 0 unspecified atom stereocenters. The molecule has 0 aliphatic heterocycles. The van der Waals surface area contributed by atoms with Gasteiger partial charge in [0.2, 0.25) is 0 Å². The standard InChI is InChI=1S/C15H28N2.BrH/c1-2-3-4-5-6-7-8-9-10-11-13-17-14-12-16-15-17;/h12,14-15H,2-11,13H2,1H3;1H. The lowest BCUT2D eigenvalue weighted by Crippen LogP contribution is -1.93. The van der Waals surface area contributed by atoms with Crippen molar-refractivity contribution in [2.75, 3.05) is 0 Å². The van der Waals surface area contributed by atoms with Crippen molar-refractivity contribution in [3.8, 4) is 0 Å². The van der Waals surface area contributed by atoms with E-state index in [0.717, 1.165) is 6.54 Å². The lowest BCUT2D eigenvalue weighted by molar-refractivity contribution is 0.534. The summed E-state index contributed by atoms with van der Waals surface area (Å²) in [7, 11) is 0. The molecule has 0 radical (unpaired) electrons. The Hall–Kier alpha value is -0.310. The molecule has 1 aromatic rings. The van der Waals surface area contributed by atoms with Gasteiger partial charge in [0.25, 0.3) is 0 Å². The van der Waals surface area contributed by atoms with Crippen LogP contribution in [0.5, 0.6) is 0 Å². The minimum absolute atomic E-state index is 0. The summed E-state index contributed by atoms with van der Waals surface area (Å²) in [5.41, 5.74) is 0. The number of unbranched alkanes of at least 4 members (excludes halogenated alkanes) is 9. The van der Waals surface area contributed by atoms with Crippen molar-refractivity contribution < 1.29 is 0 Å². The first-order valence-electron chi connectivity index (χ1n) is 7.39. The molecule has 0 amide bonds. The third kappa shape index (κ3) is 9.69. The van der Waals surface area contributed by atoms with Crippen LogP contribution in [0.4, 0.5) is 0 Å². The van der Waals surface area contributed by atoms with Gasteiger partial charge in [-0.15, -0.1) is 17.0 Å². The van der Waals surface area contributed by atoms with Crippen molar-refractivity contribution in [1.29, 1.82) is 0 Å². The Morgan fingerprint density at radius 2 is 1.39 bits per heavy atom. The third-order valence-corrected chi connectivity index (χ3v) is 3.33. The monoisotopic (exact) mass is 316 g/mol. The zero-order valence-corrected chi connectivity index (χ0v) is 13.5.